The van der Waals surface area contributed by atoms with Crippen LogP contribution in [0.15, 0.2) is 58.3 Å². The molecule has 47 heavy (non-hydrogen) atoms. The molecular formula is C31H46ClNO12S2. The number of carbonyl (C=O) groups is 2. The van der Waals surface area contributed by atoms with Gasteiger partial charge in [-0.15, -0.1) is 0 Å². The summed E-state index contributed by atoms with van der Waals surface area (Å²) < 4.78 is 83.9. The Morgan fingerprint density at radius 1 is 0.596 bits per heavy atom. The number of benzene rings is 2. The largest absolute Gasteiger partial charge is 1.00 e. The minimum atomic E-state index is -4.37. The first-order valence-corrected chi connectivity index (χ1v) is 18.3. The number of nitrogens with zero attached hydrogens (tertiary/aromatic N) is 1. The number of unbranched alkanes of at least 4 members (excludes halogenated alkanes) is 9. The summed E-state index contributed by atoms with van der Waals surface area (Å²) in [7, 11) is -6.79. The highest BCUT2D eigenvalue weighted by atomic mass is 35.5. The summed E-state index contributed by atoms with van der Waals surface area (Å²) in [6, 6.07) is 9.25. The fourth-order valence-electron chi connectivity index (χ4n) is 4.63. The third kappa shape index (κ3) is 17.7. The fourth-order valence-corrected chi connectivity index (χ4v) is 5.59. The van der Waals surface area contributed by atoms with Crippen molar-refractivity contribution in [3.8, 4) is 11.5 Å². The molecule has 0 aliphatic carbocycles. The molecular weight excluding hydrogens is 678 g/mol. The Hall–Kier alpha value is -2.95. The van der Waals surface area contributed by atoms with Crippen LogP contribution in [-0.4, -0.2) is 82.6 Å². The van der Waals surface area contributed by atoms with Crippen molar-refractivity contribution in [1.29, 1.82) is 0 Å². The van der Waals surface area contributed by atoms with Crippen molar-refractivity contribution in [2.75, 3.05) is 39.9 Å². The van der Waals surface area contributed by atoms with Crippen LogP contribution in [0.4, 0.5) is 9.59 Å². The van der Waals surface area contributed by atoms with Crippen molar-refractivity contribution < 1.29 is 71.4 Å². The molecule has 0 saturated carbocycles. The Balaban J connectivity index is 0.0000110. The predicted octanol–water partition coefficient (Wildman–Crippen LogP) is 3.28. The van der Waals surface area contributed by atoms with Crippen LogP contribution < -0.4 is 21.9 Å². The van der Waals surface area contributed by atoms with Gasteiger partial charge in [0.25, 0.3) is 20.2 Å². The molecule has 16 heteroatoms. The topological polar surface area (TPSA) is 180 Å². The van der Waals surface area contributed by atoms with Gasteiger partial charge in [-0.1, -0.05) is 58.3 Å². The monoisotopic (exact) mass is 723 g/mol. The lowest BCUT2D eigenvalue weighted by molar-refractivity contribution is -0.910. The van der Waals surface area contributed by atoms with E-state index in [1.165, 1.54) is 69.2 Å². The van der Waals surface area contributed by atoms with Crippen LogP contribution in [0.1, 0.15) is 71.1 Å². The van der Waals surface area contributed by atoms with E-state index in [2.05, 4.69) is 6.92 Å². The van der Waals surface area contributed by atoms with Gasteiger partial charge in [-0.2, -0.15) is 16.8 Å². The van der Waals surface area contributed by atoms with Crippen molar-refractivity contribution in [3.05, 3.63) is 48.5 Å². The Labute approximate surface area is 284 Å². The van der Waals surface area contributed by atoms with Crippen molar-refractivity contribution >= 4 is 32.5 Å². The molecule has 0 aliphatic heterocycles. The lowest BCUT2D eigenvalue weighted by Crippen LogP contribution is -3.00. The van der Waals surface area contributed by atoms with Gasteiger partial charge in [0.15, 0.2) is 0 Å². The zero-order valence-corrected chi connectivity index (χ0v) is 29.2. The molecule has 0 radical (unpaired) electrons. The molecule has 2 N–H and O–H groups in total. The van der Waals surface area contributed by atoms with E-state index < -0.39 is 32.5 Å². The highest BCUT2D eigenvalue weighted by molar-refractivity contribution is 7.86. The molecule has 13 nitrogen and oxygen atoms in total. The van der Waals surface area contributed by atoms with E-state index in [1.807, 2.05) is 7.05 Å². The van der Waals surface area contributed by atoms with Crippen molar-refractivity contribution in [3.63, 3.8) is 0 Å². The highest BCUT2D eigenvalue weighted by Gasteiger charge is 2.23. The minimum absolute atomic E-state index is 0. The van der Waals surface area contributed by atoms with Crippen molar-refractivity contribution in [2.45, 2.75) is 80.9 Å². The molecule has 0 heterocycles. The van der Waals surface area contributed by atoms with Crippen LogP contribution in [0.2, 0.25) is 0 Å². The van der Waals surface area contributed by atoms with Gasteiger partial charge in [0, 0.05) is 0 Å². The summed E-state index contributed by atoms with van der Waals surface area (Å²) in [4.78, 5) is 23.8. The average molecular weight is 724 g/mol. The molecule has 2 rings (SSSR count). The van der Waals surface area contributed by atoms with E-state index >= 15 is 0 Å². The van der Waals surface area contributed by atoms with Crippen LogP contribution in [-0.2, 0) is 29.7 Å². The van der Waals surface area contributed by atoms with Crippen LogP contribution in [0.25, 0.3) is 0 Å². The molecule has 0 aromatic heterocycles. The number of ether oxygens (including phenoxy) is 4. The van der Waals surface area contributed by atoms with Crippen molar-refractivity contribution in [2.24, 2.45) is 0 Å². The SMILES string of the molecule is CCCCCCCCCCCC[N+](C)(CCOC(=O)Oc1ccc(S(=O)(=O)O)cc1)CCOC(=O)Oc1ccc(S(=O)(=O)O)cc1.[Cl-]. The molecule has 0 saturated heterocycles. The number of quaternary nitrogens is 1. The first-order chi connectivity index (χ1) is 21.7. The van der Waals surface area contributed by atoms with Gasteiger partial charge in [0.1, 0.15) is 37.8 Å². The second-order valence-corrected chi connectivity index (χ2v) is 14.1. The molecule has 0 amide bonds. The van der Waals surface area contributed by atoms with E-state index in [1.54, 1.807) is 0 Å². The Kier molecular flexibility index (Phi) is 18.9. The van der Waals surface area contributed by atoms with Gasteiger partial charge in [0.05, 0.1) is 23.4 Å². The summed E-state index contributed by atoms with van der Waals surface area (Å²) >= 11 is 0. The number of hydrogen-bond donors (Lipinski definition) is 2. The number of carbonyl (C=O) groups excluding carboxylic acids is 2. The Morgan fingerprint density at radius 3 is 1.28 bits per heavy atom. The first-order valence-electron chi connectivity index (χ1n) is 15.4. The smallest absolute Gasteiger partial charge is 0.514 e. The molecule has 0 bridgehead atoms. The zero-order chi connectivity index (χ0) is 34.1. The molecule has 0 atom stereocenters. The molecule has 2 aromatic rings. The summed E-state index contributed by atoms with van der Waals surface area (Å²) in [6.07, 6.45) is 9.84. The molecule has 0 aliphatic rings. The maximum absolute atomic E-state index is 12.2. The number of rotatable bonds is 21. The molecule has 266 valence electrons. The molecule has 0 spiro atoms. The summed E-state index contributed by atoms with van der Waals surface area (Å²) in [5, 5.41) is 0. The van der Waals surface area contributed by atoms with Gasteiger partial charge < -0.3 is 35.8 Å². The third-order valence-corrected chi connectivity index (χ3v) is 9.13. The summed E-state index contributed by atoms with van der Waals surface area (Å²) in [6.45, 7) is 3.73. The third-order valence-electron chi connectivity index (χ3n) is 7.40. The van der Waals surface area contributed by atoms with E-state index in [4.69, 9.17) is 28.1 Å². The normalized spacial score (nSPS) is 11.7. The molecule has 2 aromatic carbocycles. The number of halogens is 1. The van der Waals surface area contributed by atoms with Crippen molar-refractivity contribution in [1.82, 2.24) is 0 Å². The molecule has 0 fully saturated rings. The van der Waals surface area contributed by atoms with Gasteiger partial charge in [0.2, 0.25) is 0 Å². The van der Waals surface area contributed by atoms with E-state index in [9.17, 15) is 26.4 Å². The number of hydrogen-bond acceptors (Lipinski definition) is 10. The van der Waals surface area contributed by atoms with E-state index in [0.29, 0.717) is 17.6 Å². The molecule has 0 unspecified atom stereocenters. The van der Waals surface area contributed by atoms with Crippen LogP contribution >= 0.6 is 0 Å². The second kappa shape index (κ2) is 21.1. The predicted molar refractivity (Wildman–Crippen MR) is 169 cm³/mol. The lowest BCUT2D eigenvalue weighted by Gasteiger charge is -2.34. The lowest BCUT2D eigenvalue weighted by atomic mass is 10.1. The second-order valence-electron chi connectivity index (χ2n) is 11.3. The van der Waals surface area contributed by atoms with Gasteiger partial charge in [-0.25, -0.2) is 9.59 Å². The quantitative estimate of drug-likeness (QED) is 0.0632. The van der Waals surface area contributed by atoms with Gasteiger partial charge in [-0.05, 0) is 61.4 Å². The first kappa shape index (κ1) is 42.1. The van der Waals surface area contributed by atoms with Crippen LogP contribution in [0, 0.1) is 0 Å². The average Bonchev–Trinajstić information content (AvgIpc) is 2.98. The minimum Gasteiger partial charge on any atom is -1.00 e. The van der Waals surface area contributed by atoms with E-state index in [-0.39, 0.29) is 46.9 Å². The standard InChI is InChI=1S/C31H45NO12S2.ClH/c1-3-4-5-6-7-8-9-10-11-12-21-32(2,22-24-41-30(33)43-26-13-17-28(18-14-26)45(35,36)37)23-25-42-31(34)44-27-15-19-29(20-16-27)46(38,39)40;/h13-20H,3-12,21-25H2,1-2H3,(H-,35,36,37,38,39,40);1H. The Morgan fingerprint density at radius 2 is 0.936 bits per heavy atom. The van der Waals surface area contributed by atoms with Crippen LogP contribution in [0.3, 0.4) is 0 Å². The number of likely N-dealkylation sites (N-methyl/N-ethyl adjacent to an activating group) is 1. The fraction of sp³-hybridized carbons (Fsp3) is 0.548. The maximum Gasteiger partial charge on any atom is 0.514 e. The summed E-state index contributed by atoms with van der Waals surface area (Å²) in [5.41, 5.74) is 0. The van der Waals surface area contributed by atoms with E-state index in [0.717, 1.165) is 50.1 Å². The zero-order valence-electron chi connectivity index (χ0n) is 26.8. The maximum atomic E-state index is 12.2. The van der Waals surface area contributed by atoms with Gasteiger partial charge >= 0.3 is 12.3 Å². The Bertz CT molecular complexity index is 1340. The highest BCUT2D eigenvalue weighted by Crippen LogP contribution is 2.18. The summed E-state index contributed by atoms with van der Waals surface area (Å²) in [5.74, 6) is 0.0825. The van der Waals surface area contributed by atoms with Crippen LogP contribution in [0.5, 0.6) is 11.5 Å². The van der Waals surface area contributed by atoms with Gasteiger partial charge in [-0.3, -0.25) is 9.11 Å².